The molecule has 0 spiro atoms. The van der Waals surface area contributed by atoms with Crippen LogP contribution in [0.2, 0.25) is 5.15 Å². The quantitative estimate of drug-likeness (QED) is 0.251. The molecule has 3 heterocycles. The van der Waals surface area contributed by atoms with E-state index >= 15 is 0 Å². The number of aliphatic hydroxyl groups excluding tert-OH is 1. The van der Waals surface area contributed by atoms with Crippen LogP contribution < -0.4 is 5.32 Å². The normalized spacial score (nSPS) is 28.4. The highest BCUT2D eigenvalue weighted by Crippen LogP contribution is 2.55. The molecule has 5 atom stereocenters. The standard InChI is InChI=1S/C17H24ClFN4O8P2/c18-12-5-10(21-9-3-1-2-4-9)14-16(22-12)23(7-20-14)17-13(19)15(24)11(31-17)6-30-33(28,29)8-32(25,26)27/h5,7,9,11,13,15,17,24H,1-4,6,8H2,(H,21,22)(H,28,29)(H2,25,26,27)/t11-,13+,15-,17-/m1/s1. The van der Waals surface area contributed by atoms with Gasteiger partial charge in [0.1, 0.15) is 22.9 Å². The zero-order valence-corrected chi connectivity index (χ0v) is 19.7. The molecule has 16 heteroatoms. The molecule has 0 aromatic carbocycles. The molecule has 0 amide bonds. The van der Waals surface area contributed by atoms with Crippen molar-refractivity contribution in [3.8, 4) is 0 Å². The lowest BCUT2D eigenvalue weighted by molar-refractivity contribution is -0.0425. The Kier molecular flexibility index (Phi) is 7.18. The van der Waals surface area contributed by atoms with Gasteiger partial charge in [-0.05, 0) is 12.8 Å². The first-order chi connectivity index (χ1) is 15.4. The van der Waals surface area contributed by atoms with Crippen molar-refractivity contribution < 1.29 is 42.6 Å². The number of nitrogens with one attached hydrogen (secondary N) is 1. The van der Waals surface area contributed by atoms with Crippen LogP contribution in [0.15, 0.2) is 12.4 Å². The molecule has 0 radical (unpaired) electrons. The van der Waals surface area contributed by atoms with Crippen LogP contribution in [0.25, 0.3) is 11.2 Å². The predicted octanol–water partition coefficient (Wildman–Crippen LogP) is 2.37. The van der Waals surface area contributed by atoms with Crippen LogP contribution in [0.3, 0.4) is 0 Å². The van der Waals surface area contributed by atoms with Crippen LogP contribution in [-0.4, -0.2) is 71.3 Å². The van der Waals surface area contributed by atoms with Gasteiger partial charge in [-0.3, -0.25) is 13.7 Å². The number of fused-ring (bicyclic) bond motifs is 1. The molecule has 1 aliphatic heterocycles. The van der Waals surface area contributed by atoms with E-state index in [4.69, 9.17) is 26.1 Å². The minimum absolute atomic E-state index is 0.150. The van der Waals surface area contributed by atoms with Crippen molar-refractivity contribution in [3.63, 3.8) is 0 Å². The van der Waals surface area contributed by atoms with Crippen LogP contribution in [0.1, 0.15) is 31.9 Å². The number of rotatable bonds is 8. The molecule has 5 N–H and O–H groups in total. The van der Waals surface area contributed by atoms with E-state index in [2.05, 4.69) is 19.8 Å². The van der Waals surface area contributed by atoms with Gasteiger partial charge >= 0.3 is 15.2 Å². The summed E-state index contributed by atoms with van der Waals surface area (Å²) in [5.74, 6) is -1.41. The zero-order valence-electron chi connectivity index (χ0n) is 17.2. The molecular formula is C17H24ClFN4O8P2. The SMILES string of the molecule is O=P(O)(O)CP(=O)(O)OC[C@H]1O[C@@H](n2cnc3c(NC4CCCC4)cc(Cl)nc32)[C@@H](F)[C@@H]1O. The van der Waals surface area contributed by atoms with Crippen LogP contribution >= 0.6 is 26.8 Å². The van der Waals surface area contributed by atoms with E-state index in [0.29, 0.717) is 11.2 Å². The van der Waals surface area contributed by atoms with Crippen molar-refractivity contribution in [3.05, 3.63) is 17.5 Å². The van der Waals surface area contributed by atoms with Crippen molar-refractivity contribution in [2.24, 2.45) is 0 Å². The summed E-state index contributed by atoms with van der Waals surface area (Å²) < 4.78 is 49.2. The van der Waals surface area contributed by atoms with E-state index in [9.17, 15) is 23.5 Å². The second kappa shape index (κ2) is 9.49. The summed E-state index contributed by atoms with van der Waals surface area (Å²) in [6.07, 6.45) is -0.936. The lowest BCUT2D eigenvalue weighted by Gasteiger charge is -2.18. The molecule has 1 saturated carbocycles. The summed E-state index contributed by atoms with van der Waals surface area (Å²) in [7, 11) is -9.52. The number of imidazole rings is 1. The highest BCUT2D eigenvalue weighted by Gasteiger charge is 2.47. The first-order valence-electron chi connectivity index (χ1n) is 10.2. The average molecular weight is 529 g/mol. The minimum Gasteiger partial charge on any atom is -0.387 e. The Bertz CT molecular complexity index is 1110. The highest BCUT2D eigenvalue weighted by molar-refractivity contribution is 7.70. The maximum absolute atomic E-state index is 14.9. The summed E-state index contributed by atoms with van der Waals surface area (Å²) in [4.78, 5) is 35.9. The Hall–Kier alpha value is -1.14. The molecule has 1 saturated heterocycles. The largest absolute Gasteiger partial charge is 0.387 e. The Balaban J connectivity index is 1.53. The average Bonchev–Trinajstić information content (AvgIpc) is 3.40. The number of halogens is 2. The molecule has 2 fully saturated rings. The fourth-order valence-corrected chi connectivity index (χ4v) is 6.85. The van der Waals surface area contributed by atoms with E-state index in [1.54, 1.807) is 6.07 Å². The third-order valence-corrected chi connectivity index (χ3v) is 9.23. The maximum atomic E-state index is 14.9. The number of pyridine rings is 1. The predicted molar refractivity (Wildman–Crippen MR) is 116 cm³/mol. The number of aliphatic hydroxyl groups is 1. The topological polar surface area (TPSA) is 176 Å². The van der Waals surface area contributed by atoms with Crippen LogP contribution in [-0.2, 0) is 18.4 Å². The monoisotopic (exact) mass is 528 g/mol. The van der Waals surface area contributed by atoms with Crippen molar-refractivity contribution in [2.75, 3.05) is 17.8 Å². The van der Waals surface area contributed by atoms with Gasteiger partial charge in [-0.15, -0.1) is 0 Å². The number of hydrogen-bond donors (Lipinski definition) is 5. The second-order valence-electron chi connectivity index (χ2n) is 8.18. The van der Waals surface area contributed by atoms with Gasteiger partial charge in [0.25, 0.3) is 0 Å². The highest BCUT2D eigenvalue weighted by atomic mass is 35.5. The summed E-state index contributed by atoms with van der Waals surface area (Å²) in [5, 5.41) is 13.8. The van der Waals surface area contributed by atoms with E-state index < -0.39 is 52.3 Å². The van der Waals surface area contributed by atoms with Gasteiger partial charge in [-0.25, -0.2) is 14.4 Å². The molecule has 184 valence electrons. The number of anilines is 1. The Labute approximate surface area is 192 Å². The van der Waals surface area contributed by atoms with E-state index in [1.807, 2.05) is 0 Å². The fraction of sp³-hybridized carbons (Fsp3) is 0.647. The van der Waals surface area contributed by atoms with Crippen molar-refractivity contribution in [2.45, 2.75) is 56.3 Å². The first kappa shape index (κ1) is 25.0. The number of aromatic nitrogens is 3. The van der Waals surface area contributed by atoms with Gasteiger partial charge in [-0.1, -0.05) is 24.4 Å². The summed E-state index contributed by atoms with van der Waals surface area (Å²) in [5.41, 5.74) is 1.31. The van der Waals surface area contributed by atoms with Gasteiger partial charge in [0.2, 0.25) is 0 Å². The Morgan fingerprint density at radius 2 is 2.00 bits per heavy atom. The molecule has 2 aliphatic rings. The summed E-state index contributed by atoms with van der Waals surface area (Å²) in [6.45, 7) is -0.763. The summed E-state index contributed by atoms with van der Waals surface area (Å²) >= 11 is 6.17. The molecule has 12 nitrogen and oxygen atoms in total. The summed E-state index contributed by atoms with van der Waals surface area (Å²) in [6, 6.07) is 1.90. The van der Waals surface area contributed by atoms with Gasteiger partial charge in [-0.2, -0.15) is 0 Å². The van der Waals surface area contributed by atoms with E-state index in [1.165, 1.54) is 10.9 Å². The Morgan fingerprint density at radius 3 is 2.67 bits per heavy atom. The molecule has 2 aromatic rings. The van der Waals surface area contributed by atoms with Gasteiger partial charge < -0.3 is 34.4 Å². The smallest absolute Gasteiger partial charge is 0.340 e. The molecular weight excluding hydrogens is 505 g/mol. The number of alkyl halides is 1. The lowest BCUT2D eigenvalue weighted by atomic mass is 10.1. The van der Waals surface area contributed by atoms with Crippen molar-refractivity contribution >= 4 is 43.6 Å². The van der Waals surface area contributed by atoms with E-state index in [0.717, 1.165) is 25.7 Å². The van der Waals surface area contributed by atoms with E-state index in [-0.39, 0.29) is 16.8 Å². The molecule has 1 unspecified atom stereocenters. The molecule has 4 rings (SSSR count). The van der Waals surface area contributed by atoms with Crippen LogP contribution in [0.5, 0.6) is 0 Å². The van der Waals surface area contributed by atoms with Crippen molar-refractivity contribution in [1.29, 1.82) is 0 Å². The van der Waals surface area contributed by atoms with Crippen molar-refractivity contribution in [1.82, 2.24) is 14.5 Å². The Morgan fingerprint density at radius 1 is 1.30 bits per heavy atom. The maximum Gasteiger partial charge on any atom is 0.340 e. The van der Waals surface area contributed by atoms with Crippen LogP contribution in [0, 0.1) is 0 Å². The molecule has 33 heavy (non-hydrogen) atoms. The molecule has 0 bridgehead atoms. The second-order valence-corrected chi connectivity index (χ2v) is 12.6. The fourth-order valence-electron chi connectivity index (χ4n) is 4.09. The number of nitrogens with zero attached hydrogens (tertiary/aromatic N) is 3. The van der Waals surface area contributed by atoms with Gasteiger partial charge in [0, 0.05) is 12.1 Å². The first-order valence-corrected chi connectivity index (χ1v) is 14.2. The third-order valence-electron chi connectivity index (χ3n) is 5.59. The minimum atomic E-state index is -4.83. The number of hydrogen-bond acceptors (Lipinski definition) is 8. The third kappa shape index (κ3) is 5.75. The molecule has 1 aliphatic carbocycles. The number of ether oxygens (including phenoxy) is 1. The molecule has 2 aromatic heterocycles. The van der Waals surface area contributed by atoms with Gasteiger partial charge in [0.05, 0.1) is 18.6 Å². The zero-order chi connectivity index (χ0) is 24.0. The van der Waals surface area contributed by atoms with Gasteiger partial charge in [0.15, 0.2) is 23.9 Å². The lowest BCUT2D eigenvalue weighted by Crippen LogP contribution is -2.31. The van der Waals surface area contributed by atoms with Crippen LogP contribution in [0.4, 0.5) is 10.1 Å².